The summed E-state index contributed by atoms with van der Waals surface area (Å²) in [5.74, 6) is 2.05. The first-order valence-corrected chi connectivity index (χ1v) is 11.8. The van der Waals surface area contributed by atoms with Gasteiger partial charge in [0.15, 0.2) is 0 Å². The molecule has 3 saturated carbocycles. The van der Waals surface area contributed by atoms with E-state index >= 15 is 0 Å². The van der Waals surface area contributed by atoms with Crippen LogP contribution >= 0.6 is 0 Å². The fourth-order valence-corrected chi connectivity index (χ4v) is 8.10. The van der Waals surface area contributed by atoms with Crippen molar-refractivity contribution in [1.82, 2.24) is 9.80 Å². The number of aliphatic hydroxyl groups excluding tert-OH is 1. The third kappa shape index (κ3) is 2.74. The number of likely N-dealkylation sites (tertiary alicyclic amines) is 1. The number of likely N-dealkylation sites (N-methyl/N-ethyl adjacent to an activating group) is 1. The zero-order valence-electron chi connectivity index (χ0n) is 18.7. The molecular formula is C25H38N2O2. The van der Waals surface area contributed by atoms with E-state index < -0.39 is 0 Å². The molecule has 2 heterocycles. The zero-order chi connectivity index (χ0) is 20.6. The molecule has 1 N–H and O–H groups in total. The van der Waals surface area contributed by atoms with Gasteiger partial charge in [0.05, 0.1) is 6.10 Å². The Hall–Kier alpha value is -1.13. The van der Waals surface area contributed by atoms with Crippen LogP contribution in [0.15, 0.2) is 23.3 Å². The number of aliphatic hydroxyl groups is 1. The third-order valence-electron chi connectivity index (χ3n) is 10.0. The molecule has 0 aromatic carbocycles. The van der Waals surface area contributed by atoms with Gasteiger partial charge < -0.3 is 14.9 Å². The summed E-state index contributed by atoms with van der Waals surface area (Å²) in [5.41, 5.74) is 3.09. The van der Waals surface area contributed by atoms with Crippen LogP contribution in [0.2, 0.25) is 0 Å². The molecule has 4 heteroatoms. The summed E-state index contributed by atoms with van der Waals surface area (Å²) in [7, 11) is 4.20. The van der Waals surface area contributed by atoms with Crippen molar-refractivity contribution in [3.05, 3.63) is 23.3 Å². The highest BCUT2D eigenvalue weighted by molar-refractivity contribution is 5.89. The van der Waals surface area contributed by atoms with Crippen LogP contribution in [0.25, 0.3) is 0 Å². The number of carbonyl (C=O) groups excluding carboxylic acids is 1. The average molecular weight is 399 g/mol. The molecule has 0 spiro atoms. The van der Waals surface area contributed by atoms with Gasteiger partial charge in [0.1, 0.15) is 0 Å². The first kappa shape index (κ1) is 19.8. The van der Waals surface area contributed by atoms with Gasteiger partial charge in [0, 0.05) is 37.0 Å². The molecule has 5 rings (SSSR count). The lowest BCUT2D eigenvalue weighted by atomic mass is 9.48. The Morgan fingerprint density at radius 3 is 2.52 bits per heavy atom. The number of carbonyl (C=O) groups is 1. The van der Waals surface area contributed by atoms with Gasteiger partial charge in [-0.1, -0.05) is 25.5 Å². The fourth-order valence-electron chi connectivity index (χ4n) is 8.10. The minimum absolute atomic E-state index is 0.0378. The van der Waals surface area contributed by atoms with Crippen LogP contribution < -0.4 is 0 Å². The van der Waals surface area contributed by atoms with E-state index in [-0.39, 0.29) is 22.8 Å². The van der Waals surface area contributed by atoms with Gasteiger partial charge in [-0.05, 0) is 81.4 Å². The van der Waals surface area contributed by atoms with E-state index in [1.807, 2.05) is 18.0 Å². The fraction of sp³-hybridized carbons (Fsp3) is 0.800. The molecule has 2 aliphatic heterocycles. The molecule has 1 amide bonds. The quantitative estimate of drug-likeness (QED) is 0.634. The first-order valence-electron chi connectivity index (χ1n) is 11.8. The summed E-state index contributed by atoms with van der Waals surface area (Å²) in [6.45, 7) is 7.04. The van der Waals surface area contributed by atoms with Crippen molar-refractivity contribution in [3.63, 3.8) is 0 Å². The summed E-state index contributed by atoms with van der Waals surface area (Å²) in [6, 6.07) is 0.337. The normalized spacial score (nSPS) is 47.8. The summed E-state index contributed by atoms with van der Waals surface area (Å²) >= 11 is 0. The smallest absolute Gasteiger partial charge is 0.246 e. The summed E-state index contributed by atoms with van der Waals surface area (Å²) < 4.78 is 0. The standard InChI is InChI=1S/C25H38N2O2/c1-24-12-8-22(28)27(4)21(24)6-5-17-19(24)7-11-25(2)20(17)15-18(23(25)29)16-9-13-26(3)14-10-16/h8,12,17,19-21,23,29H,5-7,9-11,13-15H2,1-4H3/t17-,19+,20+,21-,23+,24-,25+/m1/s1. The van der Waals surface area contributed by atoms with Crippen LogP contribution in [0, 0.1) is 28.6 Å². The van der Waals surface area contributed by atoms with Crippen LogP contribution in [-0.4, -0.2) is 60.1 Å². The molecule has 3 aliphatic carbocycles. The molecule has 160 valence electrons. The molecule has 4 nitrogen and oxygen atoms in total. The maximum atomic E-state index is 12.3. The molecule has 0 unspecified atom stereocenters. The van der Waals surface area contributed by atoms with Gasteiger partial charge in [0.2, 0.25) is 5.91 Å². The van der Waals surface area contributed by atoms with Gasteiger partial charge in [-0.25, -0.2) is 0 Å². The highest BCUT2D eigenvalue weighted by atomic mass is 16.3. The van der Waals surface area contributed by atoms with Gasteiger partial charge in [0.25, 0.3) is 0 Å². The predicted octanol–water partition coefficient (Wildman–Crippen LogP) is 3.62. The Balaban J connectivity index is 1.47. The molecule has 0 aromatic rings. The van der Waals surface area contributed by atoms with Crippen molar-refractivity contribution in [1.29, 1.82) is 0 Å². The number of amides is 1. The SMILES string of the molecule is CN1CCC(=C2C[C@H]3[C@@H]4CC[C@H]5N(C)C(=O)C=C[C@]5(C)[C@H]4CC[C@]3(C)[C@H]2O)CC1. The number of nitrogens with zero attached hydrogens (tertiary/aromatic N) is 2. The lowest BCUT2D eigenvalue weighted by Crippen LogP contribution is -2.59. The number of rotatable bonds is 0. The molecule has 1 saturated heterocycles. The van der Waals surface area contributed by atoms with Crippen molar-refractivity contribution in [2.75, 3.05) is 27.2 Å². The Kier molecular flexibility index (Phi) is 4.57. The zero-order valence-corrected chi connectivity index (χ0v) is 18.7. The lowest BCUT2D eigenvalue weighted by Gasteiger charge is -2.59. The molecule has 0 aromatic heterocycles. The van der Waals surface area contributed by atoms with E-state index in [0.717, 1.165) is 45.2 Å². The Morgan fingerprint density at radius 2 is 1.79 bits per heavy atom. The van der Waals surface area contributed by atoms with Crippen molar-refractivity contribution in [3.8, 4) is 0 Å². The largest absolute Gasteiger partial charge is 0.388 e. The van der Waals surface area contributed by atoms with Crippen LogP contribution in [0.3, 0.4) is 0 Å². The van der Waals surface area contributed by atoms with Crippen LogP contribution in [0.4, 0.5) is 0 Å². The second-order valence-corrected chi connectivity index (χ2v) is 11.2. The lowest BCUT2D eigenvalue weighted by molar-refractivity contribution is -0.140. The van der Waals surface area contributed by atoms with Gasteiger partial charge in [-0.15, -0.1) is 0 Å². The predicted molar refractivity (Wildman–Crippen MR) is 115 cm³/mol. The number of fused-ring (bicyclic) bond motifs is 5. The molecule has 0 radical (unpaired) electrons. The van der Waals surface area contributed by atoms with E-state index in [4.69, 9.17) is 0 Å². The van der Waals surface area contributed by atoms with E-state index in [1.54, 1.807) is 5.57 Å². The average Bonchev–Trinajstić information content (AvgIpc) is 2.97. The van der Waals surface area contributed by atoms with Crippen LogP contribution in [-0.2, 0) is 4.79 Å². The van der Waals surface area contributed by atoms with Gasteiger partial charge in [-0.3, -0.25) is 4.79 Å². The summed E-state index contributed by atoms with van der Waals surface area (Å²) in [6.07, 6.45) is 11.8. The first-order chi connectivity index (χ1) is 13.8. The van der Waals surface area contributed by atoms with E-state index in [9.17, 15) is 9.90 Å². The van der Waals surface area contributed by atoms with E-state index in [0.29, 0.717) is 23.8 Å². The summed E-state index contributed by atoms with van der Waals surface area (Å²) in [4.78, 5) is 16.7. The Morgan fingerprint density at radius 1 is 1.07 bits per heavy atom. The molecule has 7 atom stereocenters. The van der Waals surface area contributed by atoms with E-state index in [1.165, 1.54) is 18.4 Å². The molecule has 29 heavy (non-hydrogen) atoms. The summed E-state index contributed by atoms with van der Waals surface area (Å²) in [5, 5.41) is 11.5. The van der Waals surface area contributed by atoms with Crippen LogP contribution in [0.1, 0.15) is 58.8 Å². The second-order valence-electron chi connectivity index (χ2n) is 11.2. The highest BCUT2D eigenvalue weighted by Gasteiger charge is 2.61. The maximum absolute atomic E-state index is 12.3. The number of piperidine rings is 1. The minimum atomic E-state index is -0.247. The molecular weight excluding hydrogens is 360 g/mol. The van der Waals surface area contributed by atoms with Gasteiger partial charge in [-0.2, -0.15) is 0 Å². The van der Waals surface area contributed by atoms with Gasteiger partial charge >= 0.3 is 0 Å². The topological polar surface area (TPSA) is 43.8 Å². The van der Waals surface area contributed by atoms with Crippen molar-refractivity contribution in [2.45, 2.75) is 70.9 Å². The molecule has 4 fully saturated rings. The second kappa shape index (κ2) is 6.68. The Labute approximate surface area is 176 Å². The molecule has 5 aliphatic rings. The number of hydrogen-bond donors (Lipinski definition) is 1. The van der Waals surface area contributed by atoms with Crippen molar-refractivity contribution < 1.29 is 9.90 Å². The van der Waals surface area contributed by atoms with Crippen molar-refractivity contribution in [2.24, 2.45) is 28.6 Å². The number of hydrogen-bond acceptors (Lipinski definition) is 3. The third-order valence-corrected chi connectivity index (χ3v) is 10.0. The maximum Gasteiger partial charge on any atom is 0.246 e. The van der Waals surface area contributed by atoms with Crippen molar-refractivity contribution >= 4 is 5.91 Å². The monoisotopic (exact) mass is 398 g/mol. The highest BCUT2D eigenvalue weighted by Crippen LogP contribution is 2.65. The molecule has 0 bridgehead atoms. The van der Waals surface area contributed by atoms with E-state index in [2.05, 4.69) is 31.9 Å². The minimum Gasteiger partial charge on any atom is -0.388 e. The van der Waals surface area contributed by atoms with Crippen LogP contribution in [0.5, 0.6) is 0 Å². The Bertz CT molecular complexity index is 763.